The molecule has 1 aliphatic carbocycles. The zero-order valence-corrected chi connectivity index (χ0v) is 14.9. The summed E-state index contributed by atoms with van der Waals surface area (Å²) in [5.41, 5.74) is -0.656. The Kier molecular flexibility index (Phi) is 4.09. The van der Waals surface area contributed by atoms with Crippen LogP contribution < -0.4 is 5.14 Å². The van der Waals surface area contributed by atoms with E-state index < -0.39 is 21.9 Å². The van der Waals surface area contributed by atoms with Crippen LogP contribution in [-0.2, 0) is 16.4 Å². The molecule has 1 spiro atoms. The van der Waals surface area contributed by atoms with Gasteiger partial charge in [0, 0.05) is 24.6 Å². The number of piperidine rings is 1. The van der Waals surface area contributed by atoms with Gasteiger partial charge in [-0.15, -0.1) is 0 Å². The van der Waals surface area contributed by atoms with Gasteiger partial charge in [0.1, 0.15) is 0 Å². The Labute approximate surface area is 153 Å². The van der Waals surface area contributed by atoms with E-state index in [-0.39, 0.29) is 22.8 Å². The number of nitrogens with zero attached hydrogens (tertiary/aromatic N) is 3. The smallest absolute Gasteiger partial charge is 0.334 e. The average molecular weight is 402 g/mol. The third kappa shape index (κ3) is 3.46. The normalized spacial score (nSPS) is 22.9. The molecule has 7 nitrogen and oxygen atoms in total. The molecule has 0 radical (unpaired) electrons. The molecule has 1 aromatic carbocycles. The minimum atomic E-state index is -4.45. The van der Waals surface area contributed by atoms with E-state index in [4.69, 9.17) is 9.66 Å². The lowest BCUT2D eigenvalue weighted by molar-refractivity contribution is -0.137. The van der Waals surface area contributed by atoms with E-state index in [1.165, 1.54) is 16.4 Å². The number of rotatable bonds is 3. The highest BCUT2D eigenvalue weighted by atomic mass is 32.2. The molecule has 2 aliphatic rings. The van der Waals surface area contributed by atoms with Crippen molar-refractivity contribution in [1.82, 2.24) is 14.4 Å². The molecule has 0 amide bonds. The van der Waals surface area contributed by atoms with Crippen molar-refractivity contribution in [3.63, 3.8) is 0 Å². The molecular formula is C16H17F3N4O3S. The third-order valence-electron chi connectivity index (χ3n) is 5.46. The lowest BCUT2D eigenvalue weighted by Crippen LogP contribution is -2.43. The van der Waals surface area contributed by atoms with Crippen LogP contribution in [0, 0.1) is 5.41 Å². The number of aromatic nitrogens is 2. The van der Waals surface area contributed by atoms with E-state index in [1.807, 2.05) is 0 Å². The second kappa shape index (κ2) is 6.01. The van der Waals surface area contributed by atoms with Gasteiger partial charge in [0.05, 0.1) is 5.56 Å². The third-order valence-corrected chi connectivity index (χ3v) is 6.54. The van der Waals surface area contributed by atoms with Crippen LogP contribution in [0.1, 0.15) is 36.6 Å². The molecule has 2 aromatic rings. The molecule has 0 bridgehead atoms. The van der Waals surface area contributed by atoms with Crippen molar-refractivity contribution in [1.29, 1.82) is 0 Å². The number of hydrogen-bond donors (Lipinski definition) is 1. The highest BCUT2D eigenvalue weighted by Crippen LogP contribution is 2.64. The van der Waals surface area contributed by atoms with Crippen molar-refractivity contribution >= 4 is 10.2 Å². The van der Waals surface area contributed by atoms with Crippen LogP contribution in [0.4, 0.5) is 13.2 Å². The predicted octanol–water partition coefficient (Wildman–Crippen LogP) is 2.53. The van der Waals surface area contributed by atoms with Crippen LogP contribution in [0.15, 0.2) is 28.8 Å². The van der Waals surface area contributed by atoms with E-state index in [0.29, 0.717) is 31.8 Å². The second-order valence-corrected chi connectivity index (χ2v) is 8.65. The molecule has 4 rings (SSSR count). The maximum absolute atomic E-state index is 12.9. The van der Waals surface area contributed by atoms with Gasteiger partial charge in [0.2, 0.25) is 0 Å². The average Bonchev–Trinajstić information content (AvgIpc) is 3.06. The Morgan fingerprint density at radius 3 is 2.59 bits per heavy atom. The number of benzene rings is 1. The molecule has 0 unspecified atom stereocenters. The summed E-state index contributed by atoms with van der Waals surface area (Å²) in [4.78, 5) is 4.28. The first kappa shape index (κ1) is 18.4. The molecule has 1 saturated heterocycles. The van der Waals surface area contributed by atoms with Crippen molar-refractivity contribution < 1.29 is 26.1 Å². The van der Waals surface area contributed by atoms with Gasteiger partial charge in [-0.3, -0.25) is 0 Å². The van der Waals surface area contributed by atoms with Crippen LogP contribution in [0.25, 0.3) is 11.5 Å². The van der Waals surface area contributed by atoms with E-state index in [1.54, 1.807) is 0 Å². The number of halogens is 3. The van der Waals surface area contributed by atoms with Crippen molar-refractivity contribution in [2.75, 3.05) is 13.1 Å². The Morgan fingerprint density at radius 2 is 1.96 bits per heavy atom. The molecule has 1 saturated carbocycles. The summed E-state index contributed by atoms with van der Waals surface area (Å²) in [5.74, 6) is 0.509. The first-order chi connectivity index (χ1) is 12.6. The summed E-state index contributed by atoms with van der Waals surface area (Å²) in [6.45, 7) is 0.682. The van der Waals surface area contributed by atoms with Gasteiger partial charge < -0.3 is 4.52 Å². The van der Waals surface area contributed by atoms with E-state index in [0.717, 1.165) is 18.6 Å². The molecule has 2 N–H and O–H groups in total. The minimum Gasteiger partial charge on any atom is -0.334 e. The van der Waals surface area contributed by atoms with Crippen molar-refractivity contribution in [3.8, 4) is 11.5 Å². The van der Waals surface area contributed by atoms with Crippen LogP contribution in [0.5, 0.6) is 0 Å². The number of alkyl halides is 3. The Hall–Kier alpha value is -1.98. The first-order valence-corrected chi connectivity index (χ1v) is 9.88. The predicted molar refractivity (Wildman–Crippen MR) is 88.4 cm³/mol. The molecule has 2 heterocycles. The van der Waals surface area contributed by atoms with Crippen LogP contribution >= 0.6 is 0 Å². The molecule has 146 valence electrons. The van der Waals surface area contributed by atoms with Crippen LogP contribution in [0.3, 0.4) is 0 Å². The highest BCUT2D eigenvalue weighted by Gasteiger charge is 2.58. The highest BCUT2D eigenvalue weighted by molar-refractivity contribution is 7.86. The Balaban J connectivity index is 1.49. The minimum absolute atomic E-state index is 0.0171. The van der Waals surface area contributed by atoms with Gasteiger partial charge >= 0.3 is 6.18 Å². The molecule has 2 fully saturated rings. The summed E-state index contributed by atoms with van der Waals surface area (Å²) in [5, 5.41) is 9.09. The van der Waals surface area contributed by atoms with Gasteiger partial charge in [-0.1, -0.05) is 11.2 Å². The summed E-state index contributed by atoms with van der Waals surface area (Å²) in [6.07, 6.45) is -2.37. The van der Waals surface area contributed by atoms with Crippen LogP contribution in [-0.4, -0.2) is 36.0 Å². The van der Waals surface area contributed by atoms with E-state index in [2.05, 4.69) is 10.1 Å². The second-order valence-electron chi connectivity index (χ2n) is 7.10. The van der Waals surface area contributed by atoms with Gasteiger partial charge in [-0.05, 0) is 42.9 Å². The summed E-state index contributed by atoms with van der Waals surface area (Å²) < 4.78 is 67.8. The quantitative estimate of drug-likeness (QED) is 0.850. The summed E-state index contributed by atoms with van der Waals surface area (Å²) in [7, 11) is -3.69. The maximum atomic E-state index is 12.9. The SMILES string of the molecule is NS(=O)(=O)N1CCC2(CC1)C[C@H]2c1noc(-c2cccc(C(F)(F)F)c2)n1. The maximum Gasteiger partial charge on any atom is 0.416 e. The van der Waals surface area contributed by atoms with Crippen molar-refractivity contribution in [3.05, 3.63) is 35.7 Å². The summed E-state index contributed by atoms with van der Waals surface area (Å²) in [6, 6.07) is 4.74. The van der Waals surface area contributed by atoms with Crippen LogP contribution in [0.2, 0.25) is 0 Å². The Bertz CT molecular complexity index is 965. The fraction of sp³-hybridized carbons (Fsp3) is 0.500. The topological polar surface area (TPSA) is 102 Å². The molecule has 1 atom stereocenters. The van der Waals surface area contributed by atoms with Crippen molar-refractivity contribution in [2.24, 2.45) is 10.6 Å². The lowest BCUT2D eigenvalue weighted by atomic mass is 9.92. The lowest BCUT2D eigenvalue weighted by Gasteiger charge is -2.30. The fourth-order valence-corrected chi connectivity index (χ4v) is 4.47. The largest absolute Gasteiger partial charge is 0.416 e. The van der Waals surface area contributed by atoms with E-state index in [9.17, 15) is 21.6 Å². The van der Waals surface area contributed by atoms with Gasteiger partial charge in [0.25, 0.3) is 16.1 Å². The molecule has 1 aliphatic heterocycles. The number of nitrogens with two attached hydrogens (primary N) is 1. The zero-order valence-electron chi connectivity index (χ0n) is 14.1. The molecule has 27 heavy (non-hydrogen) atoms. The standard InChI is InChI=1S/C16H17F3N4O3S/c17-16(18,19)11-3-1-2-10(8-11)14-21-13(22-26-14)12-9-15(12)4-6-23(7-5-15)27(20,24)25/h1-3,8,12H,4-7,9H2,(H2,20,24,25)/t12-/m0/s1. The number of hydrogen-bond acceptors (Lipinski definition) is 5. The first-order valence-electron chi connectivity index (χ1n) is 8.38. The van der Waals surface area contributed by atoms with Crippen molar-refractivity contribution in [2.45, 2.75) is 31.4 Å². The molecule has 11 heteroatoms. The van der Waals surface area contributed by atoms with E-state index >= 15 is 0 Å². The van der Waals surface area contributed by atoms with Gasteiger partial charge in [0.15, 0.2) is 5.82 Å². The Morgan fingerprint density at radius 1 is 1.26 bits per heavy atom. The van der Waals surface area contributed by atoms with Gasteiger partial charge in [-0.2, -0.15) is 30.9 Å². The molecular weight excluding hydrogens is 385 g/mol. The van der Waals surface area contributed by atoms with Gasteiger partial charge in [-0.25, -0.2) is 5.14 Å². The summed E-state index contributed by atoms with van der Waals surface area (Å²) >= 11 is 0. The molecule has 1 aromatic heterocycles. The monoisotopic (exact) mass is 402 g/mol. The fourth-order valence-electron chi connectivity index (χ4n) is 3.77. The zero-order chi connectivity index (χ0) is 19.4.